The maximum absolute atomic E-state index is 4.43. The van der Waals surface area contributed by atoms with Gasteiger partial charge in [0.2, 0.25) is 0 Å². The summed E-state index contributed by atoms with van der Waals surface area (Å²) in [6.07, 6.45) is 0. The van der Waals surface area contributed by atoms with Crippen LogP contribution >= 0.6 is 24.0 Å². The molecule has 1 heterocycles. The highest BCUT2D eigenvalue weighted by molar-refractivity contribution is 14.0. The fourth-order valence-electron chi connectivity index (χ4n) is 2.06. The van der Waals surface area contributed by atoms with Gasteiger partial charge in [0, 0.05) is 20.1 Å². The molecular formula is C14H22IN3. The normalized spacial score (nSPS) is 15.9. The number of nitrogens with one attached hydrogen (secondary N) is 1. The number of hydrogen-bond acceptors (Lipinski definition) is 3. The van der Waals surface area contributed by atoms with Gasteiger partial charge in [-0.25, -0.2) is 0 Å². The van der Waals surface area contributed by atoms with E-state index in [1.807, 2.05) is 0 Å². The Morgan fingerprint density at radius 1 is 1.44 bits per heavy atom. The molecule has 2 rings (SSSR count). The van der Waals surface area contributed by atoms with Crippen molar-refractivity contribution in [2.24, 2.45) is 4.99 Å². The Labute approximate surface area is 127 Å². The number of guanidine groups is 1. The third-order valence-corrected chi connectivity index (χ3v) is 3.24. The second kappa shape index (κ2) is 6.97. The van der Waals surface area contributed by atoms with Crippen LogP contribution in [-0.2, 0) is 0 Å². The number of aryl methyl sites for hydroxylation is 1. The maximum Gasteiger partial charge on any atom is 0.193 e. The van der Waals surface area contributed by atoms with Gasteiger partial charge in [0.1, 0.15) is 0 Å². The van der Waals surface area contributed by atoms with Crippen LogP contribution in [0, 0.1) is 6.92 Å². The molecule has 0 fully saturated rings. The van der Waals surface area contributed by atoms with E-state index in [4.69, 9.17) is 0 Å². The first-order chi connectivity index (χ1) is 8.16. The van der Waals surface area contributed by atoms with Crippen molar-refractivity contribution >= 4 is 29.9 Å². The van der Waals surface area contributed by atoms with E-state index >= 15 is 0 Å². The molecule has 18 heavy (non-hydrogen) atoms. The molecule has 0 aromatic heterocycles. The number of halogens is 1. The van der Waals surface area contributed by atoms with Crippen molar-refractivity contribution in [3.8, 4) is 0 Å². The zero-order valence-corrected chi connectivity index (χ0v) is 13.6. The van der Waals surface area contributed by atoms with E-state index in [0.717, 1.165) is 25.6 Å². The number of rotatable bonds is 3. The third-order valence-electron chi connectivity index (χ3n) is 3.24. The summed E-state index contributed by atoms with van der Waals surface area (Å²) in [7, 11) is 2.08. The van der Waals surface area contributed by atoms with Gasteiger partial charge in [0.05, 0.1) is 6.54 Å². The fraction of sp³-hybridized carbons (Fsp3) is 0.500. The summed E-state index contributed by atoms with van der Waals surface area (Å²) in [5.74, 6) is 1.54. The first-order valence-electron chi connectivity index (χ1n) is 6.23. The molecule has 1 aliphatic rings. The van der Waals surface area contributed by atoms with Crippen molar-refractivity contribution < 1.29 is 0 Å². The van der Waals surface area contributed by atoms with Crippen molar-refractivity contribution in [3.05, 3.63) is 35.4 Å². The van der Waals surface area contributed by atoms with Crippen LogP contribution in [0.3, 0.4) is 0 Å². The second-order valence-electron chi connectivity index (χ2n) is 4.82. The lowest BCUT2D eigenvalue weighted by atomic mass is 9.99. The molecule has 0 spiro atoms. The molecule has 100 valence electrons. The third kappa shape index (κ3) is 3.86. The Kier molecular flexibility index (Phi) is 5.91. The van der Waals surface area contributed by atoms with Crippen LogP contribution in [0.15, 0.2) is 29.3 Å². The monoisotopic (exact) mass is 359 g/mol. The number of benzene rings is 1. The second-order valence-corrected chi connectivity index (χ2v) is 4.82. The average molecular weight is 359 g/mol. The molecule has 0 radical (unpaired) electrons. The molecule has 1 N–H and O–H groups in total. The summed E-state index contributed by atoms with van der Waals surface area (Å²) in [6, 6.07) is 8.71. The van der Waals surface area contributed by atoms with Crippen LogP contribution in [0.1, 0.15) is 24.0 Å². The van der Waals surface area contributed by atoms with E-state index in [0.29, 0.717) is 5.92 Å². The summed E-state index contributed by atoms with van der Waals surface area (Å²) in [4.78, 5) is 6.60. The molecular weight excluding hydrogens is 337 g/mol. The summed E-state index contributed by atoms with van der Waals surface area (Å²) < 4.78 is 0. The van der Waals surface area contributed by atoms with Gasteiger partial charge in [-0.05, 0) is 18.4 Å². The largest absolute Gasteiger partial charge is 0.356 e. The number of hydrogen-bond donors (Lipinski definition) is 1. The van der Waals surface area contributed by atoms with Crippen molar-refractivity contribution in [3.63, 3.8) is 0 Å². The molecule has 0 bridgehead atoms. The van der Waals surface area contributed by atoms with E-state index in [1.54, 1.807) is 0 Å². The first kappa shape index (κ1) is 15.3. The van der Waals surface area contributed by atoms with Crippen LogP contribution in [-0.4, -0.2) is 37.5 Å². The van der Waals surface area contributed by atoms with Gasteiger partial charge in [-0.15, -0.1) is 24.0 Å². The van der Waals surface area contributed by atoms with Crippen LogP contribution < -0.4 is 5.32 Å². The highest BCUT2D eigenvalue weighted by Crippen LogP contribution is 2.15. The molecule has 1 unspecified atom stereocenters. The molecule has 0 amide bonds. The lowest BCUT2D eigenvalue weighted by molar-refractivity contribution is 0.529. The van der Waals surface area contributed by atoms with Gasteiger partial charge in [0.25, 0.3) is 0 Å². The Hall–Kier alpha value is -0.780. The molecule has 1 aromatic carbocycles. The molecule has 3 nitrogen and oxygen atoms in total. The Bertz CT molecular complexity index is 417. The number of likely N-dealkylation sites (N-methyl/N-ethyl adjacent to an activating group) is 1. The van der Waals surface area contributed by atoms with Gasteiger partial charge in [-0.3, -0.25) is 4.99 Å². The van der Waals surface area contributed by atoms with Gasteiger partial charge < -0.3 is 10.2 Å². The molecule has 1 aliphatic heterocycles. The van der Waals surface area contributed by atoms with Crippen molar-refractivity contribution in [2.45, 2.75) is 19.8 Å². The van der Waals surface area contributed by atoms with Crippen molar-refractivity contribution in [1.82, 2.24) is 10.2 Å². The van der Waals surface area contributed by atoms with Gasteiger partial charge >= 0.3 is 0 Å². The molecule has 0 saturated carbocycles. The SMILES string of the molecule is Cc1cccc(C(C)CNC2=NCCN2C)c1.I. The van der Waals surface area contributed by atoms with E-state index in [1.165, 1.54) is 11.1 Å². The summed E-state index contributed by atoms with van der Waals surface area (Å²) >= 11 is 0. The fourth-order valence-corrected chi connectivity index (χ4v) is 2.06. The van der Waals surface area contributed by atoms with Crippen LogP contribution in [0.25, 0.3) is 0 Å². The van der Waals surface area contributed by atoms with Crippen molar-refractivity contribution in [1.29, 1.82) is 0 Å². The predicted octanol–water partition coefficient (Wildman–Crippen LogP) is 2.61. The average Bonchev–Trinajstić information content (AvgIpc) is 2.72. The molecule has 1 atom stereocenters. The quantitative estimate of drug-likeness (QED) is 0.841. The maximum atomic E-state index is 4.43. The Balaban J connectivity index is 0.00000162. The predicted molar refractivity (Wildman–Crippen MR) is 87.9 cm³/mol. The lowest BCUT2D eigenvalue weighted by Gasteiger charge is -2.18. The van der Waals surface area contributed by atoms with Crippen LogP contribution in [0.2, 0.25) is 0 Å². The van der Waals surface area contributed by atoms with Gasteiger partial charge in [-0.1, -0.05) is 36.8 Å². The van der Waals surface area contributed by atoms with Gasteiger partial charge in [0.15, 0.2) is 5.96 Å². The summed E-state index contributed by atoms with van der Waals surface area (Å²) in [5, 5.41) is 3.42. The van der Waals surface area contributed by atoms with Crippen LogP contribution in [0.4, 0.5) is 0 Å². The molecule has 0 saturated heterocycles. The topological polar surface area (TPSA) is 27.6 Å². The minimum absolute atomic E-state index is 0. The smallest absolute Gasteiger partial charge is 0.193 e. The Morgan fingerprint density at radius 2 is 2.22 bits per heavy atom. The molecule has 1 aromatic rings. The number of nitrogens with zero attached hydrogens (tertiary/aromatic N) is 2. The van der Waals surface area contributed by atoms with E-state index in [-0.39, 0.29) is 24.0 Å². The zero-order valence-electron chi connectivity index (χ0n) is 11.3. The van der Waals surface area contributed by atoms with Gasteiger partial charge in [-0.2, -0.15) is 0 Å². The minimum atomic E-state index is 0. The zero-order chi connectivity index (χ0) is 12.3. The number of aliphatic imine (C=N–C) groups is 1. The van der Waals surface area contributed by atoms with E-state index in [9.17, 15) is 0 Å². The first-order valence-corrected chi connectivity index (χ1v) is 6.23. The van der Waals surface area contributed by atoms with E-state index < -0.39 is 0 Å². The highest BCUT2D eigenvalue weighted by Gasteiger charge is 2.13. The molecule has 4 heteroatoms. The summed E-state index contributed by atoms with van der Waals surface area (Å²) in [5.41, 5.74) is 2.71. The standard InChI is InChI=1S/C14H21N3.HI/c1-11-5-4-6-13(9-11)12(2)10-16-14-15-7-8-17(14)3;/h4-6,9,12H,7-8,10H2,1-3H3,(H,15,16);1H. The Morgan fingerprint density at radius 3 is 2.83 bits per heavy atom. The van der Waals surface area contributed by atoms with Crippen molar-refractivity contribution in [2.75, 3.05) is 26.7 Å². The molecule has 0 aliphatic carbocycles. The minimum Gasteiger partial charge on any atom is -0.356 e. The van der Waals surface area contributed by atoms with Crippen LogP contribution in [0.5, 0.6) is 0 Å². The highest BCUT2D eigenvalue weighted by atomic mass is 127. The van der Waals surface area contributed by atoms with E-state index in [2.05, 4.69) is 60.4 Å². The summed E-state index contributed by atoms with van der Waals surface area (Å²) in [6.45, 7) is 7.27. The lowest BCUT2D eigenvalue weighted by Crippen LogP contribution is -2.37.